The van der Waals surface area contributed by atoms with E-state index in [1.165, 1.54) is 12.0 Å². The zero-order chi connectivity index (χ0) is 23.2. The number of nitrogens with zero attached hydrogens (tertiary/aromatic N) is 2. The molecule has 7 nitrogen and oxygen atoms in total. The number of benzene rings is 2. The molecule has 4 heterocycles. The van der Waals surface area contributed by atoms with Gasteiger partial charge in [-0.15, -0.1) is 0 Å². The lowest BCUT2D eigenvalue weighted by Crippen LogP contribution is -2.54. The van der Waals surface area contributed by atoms with Crippen molar-refractivity contribution in [2.24, 2.45) is 11.8 Å². The number of imide groups is 1. The molecule has 1 spiro atoms. The molecule has 4 aliphatic heterocycles. The maximum absolute atomic E-state index is 14.1. The third kappa shape index (κ3) is 2.36. The second kappa shape index (κ2) is 6.81. The number of amides is 3. The van der Waals surface area contributed by atoms with Crippen LogP contribution in [0.1, 0.15) is 29.5 Å². The molecule has 0 saturated carbocycles. The number of ether oxygens (including phenoxy) is 1. The van der Waals surface area contributed by atoms with Crippen LogP contribution in [0.3, 0.4) is 0 Å². The summed E-state index contributed by atoms with van der Waals surface area (Å²) in [7, 11) is 1.49. The van der Waals surface area contributed by atoms with E-state index in [0.29, 0.717) is 23.0 Å². The Labute approximate surface area is 196 Å². The molecule has 0 unspecified atom stereocenters. The van der Waals surface area contributed by atoms with Gasteiger partial charge in [0.1, 0.15) is 11.3 Å². The maximum atomic E-state index is 14.1. The highest BCUT2D eigenvalue weighted by Crippen LogP contribution is 2.61. The van der Waals surface area contributed by atoms with Gasteiger partial charge < -0.3 is 10.1 Å². The van der Waals surface area contributed by atoms with Gasteiger partial charge in [-0.05, 0) is 62.6 Å². The standard InChI is InChI=1S/C25H24ClN3O4/c1-12-6-8-15-21(13(12)2)27-24(32)25(15)20-19(16-5-4-10-28(16)25)22(30)29(23(20)31)17-11-14(26)7-9-18(17)33-3/h6-9,11,16,19-20H,4-5,10H2,1-3H3,(H,27,32)/t16-,19+,20-,25+/m0/s1. The SMILES string of the molecule is COc1ccc(Cl)cc1N1C(=O)[C@H]2[C@@H](C1=O)[C@]1(C(=O)Nc3c1ccc(C)c3C)N1CCC[C@@H]21. The first-order chi connectivity index (χ1) is 15.8. The summed E-state index contributed by atoms with van der Waals surface area (Å²) < 4.78 is 5.45. The first-order valence-electron chi connectivity index (χ1n) is 11.2. The van der Waals surface area contributed by atoms with Crippen molar-refractivity contribution in [3.8, 4) is 5.75 Å². The Bertz CT molecular complexity index is 1260. The van der Waals surface area contributed by atoms with Crippen LogP contribution in [0.2, 0.25) is 5.02 Å². The number of carbonyl (C=O) groups is 3. The van der Waals surface area contributed by atoms with Gasteiger partial charge in [-0.2, -0.15) is 0 Å². The van der Waals surface area contributed by atoms with Crippen molar-refractivity contribution in [1.82, 2.24) is 4.90 Å². The van der Waals surface area contributed by atoms with E-state index in [2.05, 4.69) is 10.2 Å². The average Bonchev–Trinajstić information content (AvgIpc) is 3.49. The predicted molar refractivity (Wildman–Crippen MR) is 123 cm³/mol. The molecule has 0 bridgehead atoms. The fraction of sp³-hybridized carbons (Fsp3) is 0.400. The van der Waals surface area contributed by atoms with E-state index in [0.717, 1.165) is 35.2 Å². The number of methoxy groups -OCH3 is 1. The minimum absolute atomic E-state index is 0.167. The van der Waals surface area contributed by atoms with E-state index >= 15 is 0 Å². The molecular weight excluding hydrogens is 442 g/mol. The maximum Gasteiger partial charge on any atom is 0.250 e. The highest BCUT2D eigenvalue weighted by molar-refractivity contribution is 6.32. The van der Waals surface area contributed by atoms with Gasteiger partial charge in [-0.25, -0.2) is 4.90 Å². The molecule has 2 aromatic rings. The Morgan fingerprint density at radius 3 is 2.67 bits per heavy atom. The summed E-state index contributed by atoms with van der Waals surface area (Å²) >= 11 is 6.22. The number of fused-ring (bicyclic) bond motifs is 7. The average molecular weight is 466 g/mol. The zero-order valence-electron chi connectivity index (χ0n) is 18.6. The zero-order valence-corrected chi connectivity index (χ0v) is 19.4. The minimum atomic E-state index is -1.19. The molecule has 3 saturated heterocycles. The van der Waals surface area contributed by atoms with E-state index in [1.54, 1.807) is 18.2 Å². The van der Waals surface area contributed by atoms with Gasteiger partial charge in [0, 0.05) is 22.3 Å². The Morgan fingerprint density at radius 2 is 1.91 bits per heavy atom. The molecule has 4 atom stereocenters. The molecule has 8 heteroatoms. The second-order valence-electron chi connectivity index (χ2n) is 9.39. The molecular formula is C25H24ClN3O4. The van der Waals surface area contributed by atoms with Crippen molar-refractivity contribution < 1.29 is 19.1 Å². The number of hydrogen-bond donors (Lipinski definition) is 1. The fourth-order valence-corrected chi connectivity index (χ4v) is 6.76. The molecule has 33 heavy (non-hydrogen) atoms. The third-order valence-electron chi connectivity index (χ3n) is 8.08. The van der Waals surface area contributed by atoms with Crippen LogP contribution in [-0.4, -0.2) is 42.3 Å². The van der Waals surface area contributed by atoms with Crippen molar-refractivity contribution >= 4 is 40.7 Å². The largest absolute Gasteiger partial charge is 0.495 e. The third-order valence-corrected chi connectivity index (χ3v) is 8.32. The van der Waals surface area contributed by atoms with E-state index in [1.807, 2.05) is 26.0 Å². The van der Waals surface area contributed by atoms with Crippen molar-refractivity contribution in [3.05, 3.63) is 52.0 Å². The minimum Gasteiger partial charge on any atom is -0.495 e. The highest BCUT2D eigenvalue weighted by atomic mass is 35.5. The number of hydrogen-bond acceptors (Lipinski definition) is 5. The van der Waals surface area contributed by atoms with Crippen LogP contribution in [0.5, 0.6) is 5.75 Å². The number of halogens is 1. The summed E-state index contributed by atoms with van der Waals surface area (Å²) in [5.41, 5.74) is 2.77. The molecule has 0 aromatic heterocycles. The van der Waals surface area contributed by atoms with Crippen LogP contribution < -0.4 is 15.0 Å². The molecule has 2 aromatic carbocycles. The van der Waals surface area contributed by atoms with E-state index in [4.69, 9.17) is 16.3 Å². The van der Waals surface area contributed by atoms with Gasteiger partial charge in [-0.1, -0.05) is 23.7 Å². The van der Waals surface area contributed by atoms with E-state index < -0.39 is 17.4 Å². The van der Waals surface area contributed by atoms with Crippen LogP contribution in [0.15, 0.2) is 30.3 Å². The van der Waals surface area contributed by atoms with Crippen LogP contribution >= 0.6 is 11.6 Å². The van der Waals surface area contributed by atoms with Gasteiger partial charge in [0.25, 0.3) is 0 Å². The fourth-order valence-electron chi connectivity index (χ4n) is 6.60. The van der Waals surface area contributed by atoms with Crippen molar-refractivity contribution in [3.63, 3.8) is 0 Å². The highest BCUT2D eigenvalue weighted by Gasteiger charge is 2.74. The second-order valence-corrected chi connectivity index (χ2v) is 9.82. The van der Waals surface area contributed by atoms with Gasteiger partial charge >= 0.3 is 0 Å². The van der Waals surface area contributed by atoms with Gasteiger partial charge in [-0.3, -0.25) is 19.3 Å². The van der Waals surface area contributed by atoms with Crippen LogP contribution in [0, 0.1) is 25.7 Å². The first kappa shape index (κ1) is 20.7. The summed E-state index contributed by atoms with van der Waals surface area (Å²) in [4.78, 5) is 45.0. The number of aryl methyl sites for hydroxylation is 1. The normalized spacial score (nSPS) is 30.1. The number of carbonyl (C=O) groups excluding carboxylic acids is 3. The molecule has 6 rings (SSSR count). The smallest absolute Gasteiger partial charge is 0.250 e. The van der Waals surface area contributed by atoms with Crippen LogP contribution in [0.4, 0.5) is 11.4 Å². The quantitative estimate of drug-likeness (QED) is 0.688. The van der Waals surface area contributed by atoms with E-state index in [9.17, 15) is 14.4 Å². The van der Waals surface area contributed by atoms with Crippen molar-refractivity contribution in [1.29, 1.82) is 0 Å². The number of anilines is 2. The molecule has 1 N–H and O–H groups in total. The molecule has 3 fully saturated rings. The van der Waals surface area contributed by atoms with Gasteiger partial charge in [0.2, 0.25) is 17.7 Å². The molecule has 170 valence electrons. The lowest BCUT2D eigenvalue weighted by molar-refractivity contribution is -0.135. The van der Waals surface area contributed by atoms with Crippen LogP contribution in [0.25, 0.3) is 0 Å². The Morgan fingerprint density at radius 1 is 1.12 bits per heavy atom. The lowest BCUT2D eigenvalue weighted by atomic mass is 9.75. The summed E-state index contributed by atoms with van der Waals surface area (Å²) in [6.45, 7) is 4.66. The Kier molecular flexibility index (Phi) is 4.27. The molecule has 0 radical (unpaired) electrons. The number of nitrogens with one attached hydrogen (secondary N) is 1. The Hall–Kier alpha value is -2.90. The van der Waals surface area contributed by atoms with Gasteiger partial charge in [0.15, 0.2) is 0 Å². The summed E-state index contributed by atoms with van der Waals surface area (Å²) in [6.07, 6.45) is 1.65. The van der Waals surface area contributed by atoms with Crippen molar-refractivity contribution in [2.45, 2.75) is 38.3 Å². The molecule has 0 aliphatic carbocycles. The summed E-state index contributed by atoms with van der Waals surface area (Å²) in [6, 6.07) is 8.66. The topological polar surface area (TPSA) is 78.9 Å². The monoisotopic (exact) mass is 465 g/mol. The summed E-state index contributed by atoms with van der Waals surface area (Å²) in [5, 5.41) is 3.48. The lowest BCUT2D eigenvalue weighted by Gasteiger charge is -2.36. The molecule has 4 aliphatic rings. The van der Waals surface area contributed by atoms with Crippen LogP contribution in [-0.2, 0) is 19.9 Å². The van der Waals surface area contributed by atoms with Gasteiger partial charge in [0.05, 0.1) is 24.6 Å². The first-order valence-corrected chi connectivity index (χ1v) is 11.6. The molecule has 3 amide bonds. The summed E-state index contributed by atoms with van der Waals surface area (Å²) in [5.74, 6) is -1.89. The predicted octanol–water partition coefficient (Wildman–Crippen LogP) is 3.40. The van der Waals surface area contributed by atoms with E-state index in [-0.39, 0.29) is 23.8 Å². The van der Waals surface area contributed by atoms with Crippen molar-refractivity contribution in [2.75, 3.05) is 23.9 Å². The Balaban J connectivity index is 1.57. The number of rotatable bonds is 2.